The van der Waals surface area contributed by atoms with Crippen LogP contribution in [0.4, 0.5) is 0 Å². The number of hydrogen-bond donors (Lipinski definition) is 1. The maximum Gasteiger partial charge on any atom is 0.137 e. The fourth-order valence-electron chi connectivity index (χ4n) is 2.07. The highest BCUT2D eigenvalue weighted by Gasteiger charge is 2.19. The molecule has 78 valence electrons. The zero-order valence-corrected chi connectivity index (χ0v) is 8.74. The molecule has 14 heavy (non-hydrogen) atoms. The molecule has 1 saturated heterocycles. The van der Waals surface area contributed by atoms with E-state index in [4.69, 9.17) is 0 Å². The molecule has 0 radical (unpaired) electrons. The van der Waals surface area contributed by atoms with Crippen molar-refractivity contribution in [1.82, 2.24) is 20.1 Å². The van der Waals surface area contributed by atoms with E-state index in [1.807, 2.05) is 6.33 Å². The summed E-state index contributed by atoms with van der Waals surface area (Å²) in [6.45, 7) is 5.43. The predicted octanol–water partition coefficient (Wildman–Crippen LogP) is 1.16. The van der Waals surface area contributed by atoms with Crippen molar-refractivity contribution in [2.75, 3.05) is 13.1 Å². The Morgan fingerprint density at radius 3 is 3.29 bits per heavy atom. The standard InChI is InChI=1S/C10H18N4/c1-2-6-14-8-12-13-10(14)9-4-3-5-11-7-9/h8-9,11H,2-7H2,1H3/t9-/m0/s1. The lowest BCUT2D eigenvalue weighted by atomic mass is 9.99. The van der Waals surface area contributed by atoms with Crippen LogP contribution in [0.25, 0.3) is 0 Å². The highest BCUT2D eigenvalue weighted by Crippen LogP contribution is 2.20. The Labute approximate surface area is 84.7 Å². The second-order valence-electron chi connectivity index (χ2n) is 3.93. The third-order valence-corrected chi connectivity index (χ3v) is 2.77. The average molecular weight is 194 g/mol. The van der Waals surface area contributed by atoms with Crippen molar-refractivity contribution in [3.05, 3.63) is 12.2 Å². The van der Waals surface area contributed by atoms with Gasteiger partial charge >= 0.3 is 0 Å². The van der Waals surface area contributed by atoms with Crippen molar-refractivity contribution in [3.8, 4) is 0 Å². The fraction of sp³-hybridized carbons (Fsp3) is 0.800. The summed E-state index contributed by atoms with van der Waals surface area (Å²) in [6.07, 6.45) is 5.50. The predicted molar refractivity (Wildman–Crippen MR) is 55.2 cm³/mol. The monoisotopic (exact) mass is 194 g/mol. The van der Waals surface area contributed by atoms with E-state index in [0.717, 1.165) is 26.1 Å². The van der Waals surface area contributed by atoms with Gasteiger partial charge in [-0.25, -0.2) is 0 Å². The first-order chi connectivity index (χ1) is 6.92. The fourth-order valence-corrected chi connectivity index (χ4v) is 2.07. The summed E-state index contributed by atoms with van der Waals surface area (Å²) in [5.41, 5.74) is 0. The van der Waals surface area contributed by atoms with E-state index in [2.05, 4.69) is 27.0 Å². The second-order valence-corrected chi connectivity index (χ2v) is 3.93. The lowest BCUT2D eigenvalue weighted by Gasteiger charge is -2.22. The van der Waals surface area contributed by atoms with Crippen molar-refractivity contribution < 1.29 is 0 Å². The summed E-state index contributed by atoms with van der Waals surface area (Å²) in [6, 6.07) is 0. The van der Waals surface area contributed by atoms with Gasteiger partial charge in [-0.1, -0.05) is 6.92 Å². The molecule has 4 heteroatoms. The zero-order chi connectivity index (χ0) is 9.80. The maximum atomic E-state index is 4.23. The van der Waals surface area contributed by atoms with Crippen LogP contribution in [-0.2, 0) is 6.54 Å². The number of aromatic nitrogens is 3. The van der Waals surface area contributed by atoms with Crippen molar-refractivity contribution >= 4 is 0 Å². The molecule has 1 aliphatic heterocycles. The molecule has 0 spiro atoms. The van der Waals surface area contributed by atoms with Crippen molar-refractivity contribution in [2.24, 2.45) is 0 Å². The molecule has 0 amide bonds. The molecule has 1 N–H and O–H groups in total. The molecule has 2 heterocycles. The van der Waals surface area contributed by atoms with Gasteiger partial charge in [-0.15, -0.1) is 10.2 Å². The smallest absolute Gasteiger partial charge is 0.137 e. The summed E-state index contributed by atoms with van der Waals surface area (Å²) in [7, 11) is 0. The number of aryl methyl sites for hydroxylation is 1. The van der Waals surface area contributed by atoms with Crippen molar-refractivity contribution in [2.45, 2.75) is 38.6 Å². The molecule has 0 bridgehead atoms. The minimum Gasteiger partial charge on any atom is -0.317 e. The number of nitrogens with zero attached hydrogens (tertiary/aromatic N) is 3. The third kappa shape index (κ3) is 1.95. The minimum absolute atomic E-state index is 0.567. The molecular weight excluding hydrogens is 176 g/mol. The summed E-state index contributed by atoms with van der Waals surface area (Å²) in [4.78, 5) is 0. The first-order valence-corrected chi connectivity index (χ1v) is 5.50. The first-order valence-electron chi connectivity index (χ1n) is 5.50. The molecular formula is C10H18N4. The van der Waals surface area contributed by atoms with Crippen LogP contribution < -0.4 is 5.32 Å². The highest BCUT2D eigenvalue weighted by molar-refractivity contribution is 4.99. The van der Waals surface area contributed by atoms with E-state index in [-0.39, 0.29) is 0 Å². The van der Waals surface area contributed by atoms with E-state index >= 15 is 0 Å². The summed E-state index contributed by atoms with van der Waals surface area (Å²) in [5, 5.41) is 11.6. The molecule has 1 atom stereocenters. The van der Waals surface area contributed by atoms with Crippen LogP contribution in [0.15, 0.2) is 6.33 Å². The average Bonchev–Trinajstić information content (AvgIpc) is 2.68. The largest absolute Gasteiger partial charge is 0.317 e. The van der Waals surface area contributed by atoms with Crippen LogP contribution in [0.3, 0.4) is 0 Å². The van der Waals surface area contributed by atoms with Gasteiger partial charge in [0, 0.05) is 19.0 Å². The molecule has 1 aromatic rings. The van der Waals surface area contributed by atoms with Gasteiger partial charge in [-0.3, -0.25) is 0 Å². The highest BCUT2D eigenvalue weighted by atomic mass is 15.3. The van der Waals surface area contributed by atoms with Gasteiger partial charge in [0.1, 0.15) is 12.2 Å². The third-order valence-electron chi connectivity index (χ3n) is 2.77. The molecule has 2 rings (SSSR count). The quantitative estimate of drug-likeness (QED) is 0.785. The van der Waals surface area contributed by atoms with Crippen LogP contribution in [0.5, 0.6) is 0 Å². The lowest BCUT2D eigenvalue weighted by molar-refractivity contribution is 0.430. The lowest BCUT2D eigenvalue weighted by Crippen LogP contribution is -2.30. The Morgan fingerprint density at radius 2 is 2.57 bits per heavy atom. The topological polar surface area (TPSA) is 42.7 Å². The maximum absolute atomic E-state index is 4.23. The Bertz CT molecular complexity index is 275. The van der Waals surface area contributed by atoms with Crippen LogP contribution in [0.2, 0.25) is 0 Å². The summed E-state index contributed by atoms with van der Waals surface area (Å²) in [5.74, 6) is 1.73. The van der Waals surface area contributed by atoms with Crippen LogP contribution >= 0.6 is 0 Å². The van der Waals surface area contributed by atoms with E-state index in [9.17, 15) is 0 Å². The number of piperidine rings is 1. The van der Waals surface area contributed by atoms with Gasteiger partial charge in [-0.2, -0.15) is 0 Å². The Kier molecular flexibility index (Phi) is 3.14. The van der Waals surface area contributed by atoms with Crippen molar-refractivity contribution in [1.29, 1.82) is 0 Å². The Hall–Kier alpha value is -0.900. The molecule has 0 aromatic carbocycles. The molecule has 1 aromatic heterocycles. The van der Waals surface area contributed by atoms with Crippen LogP contribution in [-0.4, -0.2) is 27.9 Å². The van der Waals surface area contributed by atoms with Gasteiger partial charge in [0.25, 0.3) is 0 Å². The SMILES string of the molecule is CCCn1cnnc1[C@H]1CCCNC1. The molecule has 0 saturated carbocycles. The van der Waals surface area contributed by atoms with Gasteiger partial charge in [0.15, 0.2) is 0 Å². The van der Waals surface area contributed by atoms with Crippen LogP contribution in [0.1, 0.15) is 37.9 Å². The second kappa shape index (κ2) is 4.55. The first kappa shape index (κ1) is 9.65. The Balaban J connectivity index is 2.09. The summed E-state index contributed by atoms with van der Waals surface area (Å²) < 4.78 is 2.19. The molecule has 1 aliphatic rings. The summed E-state index contributed by atoms with van der Waals surface area (Å²) >= 11 is 0. The van der Waals surface area contributed by atoms with Gasteiger partial charge in [0.2, 0.25) is 0 Å². The van der Waals surface area contributed by atoms with Gasteiger partial charge in [-0.05, 0) is 25.8 Å². The minimum atomic E-state index is 0.567. The normalized spacial score (nSPS) is 22.5. The van der Waals surface area contributed by atoms with Crippen LogP contribution in [0, 0.1) is 0 Å². The molecule has 0 aliphatic carbocycles. The van der Waals surface area contributed by atoms with E-state index < -0.39 is 0 Å². The molecule has 4 nitrogen and oxygen atoms in total. The van der Waals surface area contributed by atoms with E-state index in [1.54, 1.807) is 0 Å². The number of nitrogens with one attached hydrogen (secondary N) is 1. The molecule has 0 unspecified atom stereocenters. The van der Waals surface area contributed by atoms with Gasteiger partial charge < -0.3 is 9.88 Å². The number of hydrogen-bond acceptors (Lipinski definition) is 3. The van der Waals surface area contributed by atoms with Gasteiger partial charge in [0.05, 0.1) is 0 Å². The Morgan fingerprint density at radius 1 is 1.64 bits per heavy atom. The number of rotatable bonds is 3. The van der Waals surface area contributed by atoms with Crippen molar-refractivity contribution in [3.63, 3.8) is 0 Å². The van der Waals surface area contributed by atoms with E-state index in [1.165, 1.54) is 18.7 Å². The zero-order valence-electron chi connectivity index (χ0n) is 8.74. The van der Waals surface area contributed by atoms with E-state index in [0.29, 0.717) is 5.92 Å². The molecule has 1 fully saturated rings.